The summed E-state index contributed by atoms with van der Waals surface area (Å²) in [4.78, 5) is 0. The molecule has 0 fully saturated rings. The number of hydrogen-bond donors (Lipinski definition) is 4. The predicted molar refractivity (Wildman–Crippen MR) is 73.8 cm³/mol. The van der Waals surface area contributed by atoms with E-state index in [-0.39, 0.29) is 10.3 Å². The number of amidine groups is 2. The van der Waals surface area contributed by atoms with Crippen molar-refractivity contribution >= 4 is 33.9 Å². The van der Waals surface area contributed by atoms with Crippen molar-refractivity contribution in [2.75, 3.05) is 11.5 Å². The second-order valence-electron chi connectivity index (χ2n) is 2.60. The minimum Gasteiger partial charge on any atom is -0.379 e. The molecule has 6 nitrogen and oxygen atoms in total. The molecule has 0 aliphatic heterocycles. The van der Waals surface area contributed by atoms with Crippen molar-refractivity contribution in [3.05, 3.63) is 0 Å². The summed E-state index contributed by atoms with van der Waals surface area (Å²) >= 11 is 2.48. The zero-order chi connectivity index (χ0) is 13.5. The summed E-state index contributed by atoms with van der Waals surface area (Å²) in [6.07, 6.45) is 1.84. The van der Waals surface area contributed by atoms with Crippen LogP contribution in [0.15, 0.2) is 0 Å². The third-order valence-electron chi connectivity index (χ3n) is 1.16. The number of nitrogens with two attached hydrogens (primary N) is 2. The molecule has 17 heavy (non-hydrogen) atoms. The van der Waals surface area contributed by atoms with Crippen LogP contribution in [0.25, 0.3) is 0 Å². The van der Waals surface area contributed by atoms with Crippen LogP contribution in [-0.2, 0) is 0 Å². The van der Waals surface area contributed by atoms with Crippen LogP contribution in [-0.4, -0.2) is 21.8 Å². The average Bonchev–Trinajstić information content (AvgIpc) is 2.25. The van der Waals surface area contributed by atoms with Crippen LogP contribution in [0.5, 0.6) is 0 Å². The summed E-state index contributed by atoms with van der Waals surface area (Å²) in [7, 11) is 0. The molecule has 0 spiro atoms. The Hall–Kier alpha value is -1.38. The fourth-order valence-electron chi connectivity index (χ4n) is 0.540. The highest BCUT2D eigenvalue weighted by Gasteiger charge is 1.89. The monoisotopic (exact) mass is 272 g/mol. The fraction of sp³-hybridized carbons (Fsp3) is 0.556. The van der Waals surface area contributed by atoms with Crippen LogP contribution in [0.1, 0.15) is 19.3 Å². The SMILES string of the molecule is N#CCCCSC(=N)N.N#CCCSC(=N)N. The van der Waals surface area contributed by atoms with Crippen molar-refractivity contribution in [2.24, 2.45) is 11.5 Å². The van der Waals surface area contributed by atoms with E-state index >= 15 is 0 Å². The summed E-state index contributed by atoms with van der Waals surface area (Å²) in [5.41, 5.74) is 10.0. The highest BCUT2D eigenvalue weighted by Crippen LogP contribution is 2.01. The molecule has 0 rings (SSSR count). The van der Waals surface area contributed by atoms with Gasteiger partial charge in [-0.05, 0) is 6.42 Å². The third kappa shape index (κ3) is 25.2. The lowest BCUT2D eigenvalue weighted by molar-refractivity contribution is 0.984. The number of nitrogens with zero attached hydrogens (tertiary/aromatic N) is 2. The van der Waals surface area contributed by atoms with Gasteiger partial charge in [-0.3, -0.25) is 10.8 Å². The van der Waals surface area contributed by atoms with Gasteiger partial charge in [0.15, 0.2) is 10.3 Å². The molecule has 0 saturated heterocycles. The smallest absolute Gasteiger partial charge is 0.151 e. The maximum absolute atomic E-state index is 8.09. The first-order valence-corrected chi connectivity index (χ1v) is 6.69. The molecule has 0 unspecified atom stereocenters. The summed E-state index contributed by atoms with van der Waals surface area (Å²) < 4.78 is 0. The molecule has 8 heteroatoms. The standard InChI is InChI=1S/C5H9N3S.C4H7N3S/c6-3-1-2-4-9-5(7)8;5-2-1-3-8-4(6)7/h1-2,4H2,(H3,7,8);1,3H2,(H3,6,7). The first-order chi connectivity index (χ1) is 8.04. The van der Waals surface area contributed by atoms with E-state index in [1.807, 2.05) is 12.1 Å². The summed E-state index contributed by atoms with van der Waals surface area (Å²) in [6.45, 7) is 0. The average molecular weight is 272 g/mol. The number of thioether (sulfide) groups is 2. The van der Waals surface area contributed by atoms with E-state index in [1.165, 1.54) is 23.5 Å². The molecule has 0 bridgehead atoms. The number of unbranched alkanes of at least 4 members (excludes halogenated alkanes) is 1. The van der Waals surface area contributed by atoms with Gasteiger partial charge in [-0.2, -0.15) is 10.5 Å². The molecule has 0 atom stereocenters. The quantitative estimate of drug-likeness (QED) is 0.338. The van der Waals surface area contributed by atoms with Crippen LogP contribution in [0.2, 0.25) is 0 Å². The Balaban J connectivity index is 0. The van der Waals surface area contributed by atoms with Gasteiger partial charge in [0.05, 0.1) is 12.1 Å². The molecule has 0 aliphatic rings. The van der Waals surface area contributed by atoms with Crippen LogP contribution in [0.4, 0.5) is 0 Å². The van der Waals surface area contributed by atoms with Crippen molar-refractivity contribution in [1.82, 2.24) is 0 Å². The first-order valence-electron chi connectivity index (χ1n) is 4.72. The summed E-state index contributed by atoms with van der Waals surface area (Å²) in [5, 5.41) is 29.8. The lowest BCUT2D eigenvalue weighted by Gasteiger charge is -1.92. The number of rotatable bonds is 5. The largest absolute Gasteiger partial charge is 0.379 e. The summed E-state index contributed by atoms with van der Waals surface area (Å²) in [5.74, 6) is 1.41. The van der Waals surface area contributed by atoms with Gasteiger partial charge in [0, 0.05) is 24.3 Å². The normalized spacial score (nSPS) is 8.12. The second kappa shape index (κ2) is 14.6. The van der Waals surface area contributed by atoms with Crippen molar-refractivity contribution in [1.29, 1.82) is 21.3 Å². The first kappa shape index (κ1) is 18.0. The minimum absolute atomic E-state index is 0.0836. The van der Waals surface area contributed by atoms with E-state index in [0.717, 1.165) is 12.2 Å². The predicted octanol–water partition coefficient (Wildman–Crippen LogP) is 1.44. The van der Waals surface area contributed by atoms with Gasteiger partial charge < -0.3 is 11.5 Å². The maximum atomic E-state index is 8.09. The minimum atomic E-state index is 0.0836. The van der Waals surface area contributed by atoms with E-state index in [4.69, 9.17) is 32.8 Å². The highest BCUT2D eigenvalue weighted by molar-refractivity contribution is 8.13. The maximum Gasteiger partial charge on any atom is 0.151 e. The molecule has 0 aromatic carbocycles. The van der Waals surface area contributed by atoms with Gasteiger partial charge in [-0.15, -0.1) is 0 Å². The highest BCUT2D eigenvalue weighted by atomic mass is 32.2. The number of hydrogen-bond acceptors (Lipinski definition) is 6. The lowest BCUT2D eigenvalue weighted by Crippen LogP contribution is -2.04. The van der Waals surface area contributed by atoms with Crippen molar-refractivity contribution in [3.63, 3.8) is 0 Å². The van der Waals surface area contributed by atoms with E-state index in [9.17, 15) is 0 Å². The van der Waals surface area contributed by atoms with Crippen molar-refractivity contribution in [3.8, 4) is 12.1 Å². The Kier molecular flexibility index (Phi) is 15.5. The van der Waals surface area contributed by atoms with Gasteiger partial charge in [-0.1, -0.05) is 23.5 Å². The van der Waals surface area contributed by atoms with E-state index < -0.39 is 0 Å². The number of nitriles is 2. The zero-order valence-corrected chi connectivity index (χ0v) is 11.0. The van der Waals surface area contributed by atoms with Crippen LogP contribution in [0, 0.1) is 33.5 Å². The molecular weight excluding hydrogens is 256 g/mol. The molecule has 94 valence electrons. The van der Waals surface area contributed by atoms with Gasteiger partial charge >= 0.3 is 0 Å². The molecule has 0 aromatic rings. The van der Waals surface area contributed by atoms with Crippen LogP contribution < -0.4 is 11.5 Å². The topological polar surface area (TPSA) is 147 Å². The van der Waals surface area contributed by atoms with E-state index in [0.29, 0.717) is 18.6 Å². The molecular formula is C9H16N6S2. The lowest BCUT2D eigenvalue weighted by atomic mass is 10.4. The van der Waals surface area contributed by atoms with Gasteiger partial charge in [0.1, 0.15) is 0 Å². The number of nitrogens with one attached hydrogen (secondary N) is 2. The Morgan fingerprint density at radius 1 is 0.941 bits per heavy atom. The second-order valence-corrected chi connectivity index (χ2v) is 4.87. The Bertz CT molecular complexity index is 304. The van der Waals surface area contributed by atoms with Crippen molar-refractivity contribution < 1.29 is 0 Å². The molecule has 0 aliphatic carbocycles. The zero-order valence-electron chi connectivity index (χ0n) is 9.40. The van der Waals surface area contributed by atoms with Crippen LogP contribution >= 0.6 is 23.5 Å². The Morgan fingerprint density at radius 3 is 1.82 bits per heavy atom. The molecule has 0 amide bonds. The van der Waals surface area contributed by atoms with Crippen LogP contribution in [0.3, 0.4) is 0 Å². The van der Waals surface area contributed by atoms with E-state index in [1.54, 1.807) is 0 Å². The van der Waals surface area contributed by atoms with Gasteiger partial charge in [0.25, 0.3) is 0 Å². The summed E-state index contributed by atoms with van der Waals surface area (Å²) in [6, 6.07) is 3.97. The Morgan fingerprint density at radius 2 is 1.41 bits per heavy atom. The van der Waals surface area contributed by atoms with Gasteiger partial charge in [0.2, 0.25) is 0 Å². The molecule has 0 saturated carbocycles. The van der Waals surface area contributed by atoms with Crippen molar-refractivity contribution in [2.45, 2.75) is 19.3 Å². The molecule has 0 aromatic heterocycles. The molecule has 6 N–H and O–H groups in total. The van der Waals surface area contributed by atoms with Gasteiger partial charge in [-0.25, -0.2) is 0 Å². The third-order valence-corrected chi connectivity index (χ3v) is 2.68. The Labute approximate surface area is 110 Å². The van der Waals surface area contributed by atoms with E-state index in [2.05, 4.69) is 0 Å². The molecule has 0 radical (unpaired) electrons. The fourth-order valence-corrected chi connectivity index (χ4v) is 1.46. The molecule has 0 heterocycles.